The molecule has 2 aromatic carbocycles. The third kappa shape index (κ3) is 6.03. The number of aliphatic hydroxyl groups excluding tert-OH is 1. The van der Waals surface area contributed by atoms with Crippen molar-refractivity contribution in [2.24, 2.45) is 10.9 Å². The molecule has 0 radical (unpaired) electrons. The first-order valence-electron chi connectivity index (χ1n) is 10.7. The normalized spacial score (nSPS) is 20.6. The molecule has 0 amide bonds. The SMILES string of the molecule is CCNC(=NCC(O)c1ccccc1F)NCC1CCCOC1c1ccc(C)cc1. The molecule has 3 rings (SSSR count). The Bertz CT molecular complexity index is 825. The Kier molecular flexibility index (Phi) is 8.22. The molecule has 1 aliphatic heterocycles. The molecule has 1 saturated heterocycles. The number of ether oxygens (including phenoxy) is 1. The standard InChI is InChI=1S/C24H32FN3O2/c1-3-26-24(28-16-22(29)20-8-4-5-9-21(20)25)27-15-19-7-6-14-30-23(19)18-12-10-17(2)11-13-18/h4-5,8-13,19,22-23,29H,3,6-7,14-16H2,1-2H3,(H2,26,27,28). The van der Waals surface area contributed by atoms with Gasteiger partial charge in [0.25, 0.3) is 0 Å². The summed E-state index contributed by atoms with van der Waals surface area (Å²) in [6.45, 7) is 6.34. The number of guanidine groups is 1. The average molecular weight is 414 g/mol. The molecule has 3 unspecified atom stereocenters. The van der Waals surface area contributed by atoms with E-state index in [1.165, 1.54) is 17.2 Å². The second kappa shape index (κ2) is 11.1. The number of hydrogen-bond acceptors (Lipinski definition) is 3. The minimum atomic E-state index is -0.986. The van der Waals surface area contributed by atoms with Gasteiger partial charge in [-0.05, 0) is 38.3 Å². The summed E-state index contributed by atoms with van der Waals surface area (Å²) in [5, 5.41) is 16.9. The van der Waals surface area contributed by atoms with Gasteiger partial charge < -0.3 is 20.5 Å². The van der Waals surface area contributed by atoms with Crippen LogP contribution in [0.25, 0.3) is 0 Å². The summed E-state index contributed by atoms with van der Waals surface area (Å²) in [5.41, 5.74) is 2.69. The van der Waals surface area contributed by atoms with E-state index >= 15 is 0 Å². The van der Waals surface area contributed by atoms with E-state index in [-0.39, 0.29) is 18.2 Å². The molecular weight excluding hydrogens is 381 g/mol. The second-order valence-electron chi connectivity index (χ2n) is 7.74. The molecule has 1 fully saturated rings. The lowest BCUT2D eigenvalue weighted by atomic mass is 9.89. The number of hydrogen-bond donors (Lipinski definition) is 3. The van der Waals surface area contributed by atoms with E-state index in [9.17, 15) is 9.50 Å². The number of halogens is 1. The predicted octanol–water partition coefficient (Wildman–Crippen LogP) is 3.89. The van der Waals surface area contributed by atoms with Crippen LogP contribution < -0.4 is 10.6 Å². The molecule has 162 valence electrons. The molecule has 0 aromatic heterocycles. The molecule has 1 heterocycles. The molecule has 0 bridgehead atoms. The van der Waals surface area contributed by atoms with Gasteiger partial charge in [-0.3, -0.25) is 4.99 Å². The molecule has 2 aromatic rings. The summed E-state index contributed by atoms with van der Waals surface area (Å²) in [5.74, 6) is 0.515. The zero-order valence-electron chi connectivity index (χ0n) is 17.8. The minimum absolute atomic E-state index is 0.0544. The highest BCUT2D eigenvalue weighted by molar-refractivity contribution is 5.79. The Morgan fingerprint density at radius 1 is 1.20 bits per heavy atom. The highest BCUT2D eigenvalue weighted by Crippen LogP contribution is 2.33. The zero-order valence-corrected chi connectivity index (χ0v) is 17.8. The summed E-state index contributed by atoms with van der Waals surface area (Å²) in [7, 11) is 0. The highest BCUT2D eigenvalue weighted by atomic mass is 19.1. The molecule has 1 aliphatic rings. The Morgan fingerprint density at radius 2 is 1.97 bits per heavy atom. The van der Waals surface area contributed by atoms with Crippen molar-refractivity contribution in [1.82, 2.24) is 10.6 Å². The summed E-state index contributed by atoms with van der Waals surface area (Å²) in [4.78, 5) is 4.46. The number of aryl methyl sites for hydroxylation is 1. The number of nitrogens with zero attached hydrogens (tertiary/aromatic N) is 1. The molecule has 5 nitrogen and oxygen atoms in total. The van der Waals surface area contributed by atoms with Crippen LogP contribution in [0.2, 0.25) is 0 Å². The molecule has 6 heteroatoms. The maximum Gasteiger partial charge on any atom is 0.191 e. The number of nitrogens with one attached hydrogen (secondary N) is 2. The first-order chi connectivity index (χ1) is 14.6. The number of benzene rings is 2. The maximum absolute atomic E-state index is 13.9. The summed E-state index contributed by atoms with van der Waals surface area (Å²) < 4.78 is 20.0. The average Bonchev–Trinajstić information content (AvgIpc) is 2.76. The maximum atomic E-state index is 13.9. The van der Waals surface area contributed by atoms with Crippen molar-refractivity contribution in [3.63, 3.8) is 0 Å². The van der Waals surface area contributed by atoms with Gasteiger partial charge in [0.2, 0.25) is 0 Å². The fourth-order valence-electron chi connectivity index (χ4n) is 3.77. The van der Waals surface area contributed by atoms with Crippen molar-refractivity contribution in [2.75, 3.05) is 26.2 Å². The lowest BCUT2D eigenvalue weighted by Gasteiger charge is -2.32. The van der Waals surface area contributed by atoms with E-state index in [1.54, 1.807) is 18.2 Å². The fraction of sp³-hybridized carbons (Fsp3) is 0.458. The van der Waals surface area contributed by atoms with Crippen LogP contribution in [0.3, 0.4) is 0 Å². The van der Waals surface area contributed by atoms with E-state index in [0.29, 0.717) is 25.0 Å². The fourth-order valence-corrected chi connectivity index (χ4v) is 3.77. The first-order valence-corrected chi connectivity index (χ1v) is 10.7. The van der Waals surface area contributed by atoms with E-state index in [4.69, 9.17) is 4.74 Å². The van der Waals surface area contributed by atoms with Gasteiger partial charge in [0.15, 0.2) is 5.96 Å². The third-order valence-corrected chi connectivity index (χ3v) is 5.41. The number of aliphatic imine (C=N–C) groups is 1. The van der Waals surface area contributed by atoms with Crippen molar-refractivity contribution in [3.8, 4) is 0 Å². The summed E-state index contributed by atoms with van der Waals surface area (Å²) >= 11 is 0. The monoisotopic (exact) mass is 413 g/mol. The van der Waals surface area contributed by atoms with Gasteiger partial charge in [0, 0.05) is 31.2 Å². The van der Waals surface area contributed by atoms with E-state index < -0.39 is 11.9 Å². The van der Waals surface area contributed by atoms with Crippen molar-refractivity contribution in [1.29, 1.82) is 0 Å². The number of aliphatic hydroxyl groups is 1. The van der Waals surface area contributed by atoms with E-state index in [2.05, 4.69) is 46.8 Å². The Labute approximate surface area is 178 Å². The third-order valence-electron chi connectivity index (χ3n) is 5.41. The van der Waals surface area contributed by atoms with Crippen molar-refractivity contribution < 1.29 is 14.2 Å². The van der Waals surface area contributed by atoms with E-state index in [1.807, 2.05) is 6.92 Å². The minimum Gasteiger partial charge on any atom is -0.386 e. The van der Waals surface area contributed by atoms with Crippen LogP contribution >= 0.6 is 0 Å². The number of rotatable bonds is 7. The van der Waals surface area contributed by atoms with Gasteiger partial charge in [0.05, 0.1) is 12.6 Å². The van der Waals surface area contributed by atoms with Crippen LogP contribution in [-0.4, -0.2) is 37.3 Å². The van der Waals surface area contributed by atoms with Crippen LogP contribution in [0.4, 0.5) is 4.39 Å². The lowest BCUT2D eigenvalue weighted by molar-refractivity contribution is -0.0265. The zero-order chi connectivity index (χ0) is 21.3. The molecule has 3 N–H and O–H groups in total. The van der Waals surface area contributed by atoms with Gasteiger partial charge >= 0.3 is 0 Å². The highest BCUT2D eigenvalue weighted by Gasteiger charge is 2.27. The quantitative estimate of drug-likeness (QED) is 0.476. The van der Waals surface area contributed by atoms with Gasteiger partial charge in [0.1, 0.15) is 11.9 Å². The van der Waals surface area contributed by atoms with Crippen molar-refractivity contribution >= 4 is 5.96 Å². The molecule has 0 saturated carbocycles. The molecular formula is C24H32FN3O2. The van der Waals surface area contributed by atoms with Crippen LogP contribution in [0.15, 0.2) is 53.5 Å². The van der Waals surface area contributed by atoms with Gasteiger partial charge in [-0.1, -0.05) is 48.0 Å². The topological polar surface area (TPSA) is 65.9 Å². The van der Waals surface area contributed by atoms with Gasteiger partial charge in [-0.2, -0.15) is 0 Å². The molecule has 0 spiro atoms. The lowest BCUT2D eigenvalue weighted by Crippen LogP contribution is -2.42. The summed E-state index contributed by atoms with van der Waals surface area (Å²) in [6.07, 6.45) is 1.18. The Morgan fingerprint density at radius 3 is 2.70 bits per heavy atom. The Hall–Kier alpha value is -2.44. The van der Waals surface area contributed by atoms with Gasteiger partial charge in [-0.25, -0.2) is 4.39 Å². The molecule has 3 atom stereocenters. The molecule has 0 aliphatic carbocycles. The summed E-state index contributed by atoms with van der Waals surface area (Å²) in [6, 6.07) is 14.8. The van der Waals surface area contributed by atoms with Crippen LogP contribution in [0.1, 0.15) is 48.7 Å². The van der Waals surface area contributed by atoms with Crippen LogP contribution in [0.5, 0.6) is 0 Å². The molecule has 30 heavy (non-hydrogen) atoms. The van der Waals surface area contributed by atoms with Crippen LogP contribution in [-0.2, 0) is 4.74 Å². The van der Waals surface area contributed by atoms with Crippen molar-refractivity contribution in [2.45, 2.75) is 38.9 Å². The first kappa shape index (κ1) is 22.2. The van der Waals surface area contributed by atoms with E-state index in [0.717, 1.165) is 19.4 Å². The second-order valence-corrected chi connectivity index (χ2v) is 7.74. The predicted molar refractivity (Wildman–Crippen MR) is 118 cm³/mol. The smallest absolute Gasteiger partial charge is 0.191 e. The van der Waals surface area contributed by atoms with Gasteiger partial charge in [-0.15, -0.1) is 0 Å². The van der Waals surface area contributed by atoms with Crippen LogP contribution in [0, 0.1) is 18.7 Å². The largest absolute Gasteiger partial charge is 0.386 e. The Balaban J connectivity index is 1.63. The van der Waals surface area contributed by atoms with Crippen molar-refractivity contribution in [3.05, 3.63) is 71.0 Å².